The van der Waals surface area contributed by atoms with E-state index in [1.165, 1.54) is 22.5 Å². The van der Waals surface area contributed by atoms with Crippen molar-refractivity contribution < 1.29 is 0 Å². The van der Waals surface area contributed by atoms with Gasteiger partial charge in [-0.3, -0.25) is 0 Å². The SMILES string of the molecule is NC(Cc1c[nH]c2ccccc12)c1cnsc1. The molecule has 0 spiro atoms. The van der Waals surface area contributed by atoms with Gasteiger partial charge in [-0.2, -0.15) is 0 Å². The third kappa shape index (κ3) is 1.97. The Morgan fingerprint density at radius 1 is 1.35 bits per heavy atom. The van der Waals surface area contributed by atoms with Crippen LogP contribution in [-0.4, -0.2) is 9.36 Å². The van der Waals surface area contributed by atoms with Crippen LogP contribution < -0.4 is 5.73 Å². The fraction of sp³-hybridized carbons (Fsp3) is 0.154. The number of hydrogen-bond donors (Lipinski definition) is 2. The first kappa shape index (κ1) is 10.5. The van der Waals surface area contributed by atoms with Crippen LogP contribution in [0.2, 0.25) is 0 Å². The first-order valence-corrected chi connectivity index (χ1v) is 6.38. The van der Waals surface area contributed by atoms with E-state index in [2.05, 4.69) is 27.6 Å². The van der Waals surface area contributed by atoms with Gasteiger partial charge in [0.25, 0.3) is 0 Å². The lowest BCUT2D eigenvalue weighted by Crippen LogP contribution is -2.12. The molecule has 17 heavy (non-hydrogen) atoms. The molecule has 3 rings (SSSR count). The van der Waals surface area contributed by atoms with Crippen molar-refractivity contribution in [2.24, 2.45) is 5.73 Å². The van der Waals surface area contributed by atoms with Gasteiger partial charge in [0, 0.05) is 34.7 Å². The van der Waals surface area contributed by atoms with E-state index in [0.717, 1.165) is 17.5 Å². The monoisotopic (exact) mass is 243 g/mol. The lowest BCUT2D eigenvalue weighted by molar-refractivity contribution is 0.726. The van der Waals surface area contributed by atoms with Gasteiger partial charge in [-0.1, -0.05) is 18.2 Å². The van der Waals surface area contributed by atoms with Crippen molar-refractivity contribution in [3.05, 3.63) is 53.2 Å². The number of nitrogens with zero attached hydrogens (tertiary/aromatic N) is 1. The largest absolute Gasteiger partial charge is 0.361 e. The fourth-order valence-corrected chi connectivity index (χ4v) is 2.65. The molecule has 0 saturated carbocycles. The second-order valence-corrected chi connectivity index (χ2v) is 4.79. The molecular formula is C13H13N3S. The molecule has 86 valence electrons. The third-order valence-electron chi connectivity index (χ3n) is 2.99. The number of nitrogens with one attached hydrogen (secondary N) is 1. The van der Waals surface area contributed by atoms with Gasteiger partial charge in [-0.15, -0.1) is 0 Å². The van der Waals surface area contributed by atoms with Crippen LogP contribution in [0.4, 0.5) is 0 Å². The van der Waals surface area contributed by atoms with E-state index in [1.807, 2.05) is 23.8 Å². The molecule has 0 aliphatic rings. The zero-order valence-corrected chi connectivity index (χ0v) is 10.1. The highest BCUT2D eigenvalue weighted by Gasteiger charge is 2.11. The zero-order chi connectivity index (χ0) is 11.7. The minimum atomic E-state index is 0.0213. The summed E-state index contributed by atoms with van der Waals surface area (Å²) in [6, 6.07) is 8.31. The molecule has 0 aliphatic carbocycles. The third-order valence-corrected chi connectivity index (χ3v) is 3.60. The number of fused-ring (bicyclic) bond motifs is 1. The highest BCUT2D eigenvalue weighted by molar-refractivity contribution is 7.03. The summed E-state index contributed by atoms with van der Waals surface area (Å²) < 4.78 is 4.09. The topological polar surface area (TPSA) is 54.7 Å². The van der Waals surface area contributed by atoms with Crippen LogP contribution in [0.5, 0.6) is 0 Å². The number of nitrogens with two attached hydrogens (primary N) is 1. The maximum atomic E-state index is 6.17. The van der Waals surface area contributed by atoms with E-state index in [9.17, 15) is 0 Å². The van der Waals surface area contributed by atoms with Crippen molar-refractivity contribution in [1.82, 2.24) is 9.36 Å². The molecule has 0 amide bonds. The molecular weight excluding hydrogens is 230 g/mol. The Hall–Kier alpha value is -1.65. The Bertz CT molecular complexity index is 612. The lowest BCUT2D eigenvalue weighted by Gasteiger charge is -2.08. The minimum absolute atomic E-state index is 0.0213. The quantitative estimate of drug-likeness (QED) is 0.743. The minimum Gasteiger partial charge on any atom is -0.361 e. The van der Waals surface area contributed by atoms with E-state index < -0.39 is 0 Å². The maximum absolute atomic E-state index is 6.17. The average Bonchev–Trinajstić information content (AvgIpc) is 2.98. The van der Waals surface area contributed by atoms with Gasteiger partial charge in [0.05, 0.1) is 0 Å². The van der Waals surface area contributed by atoms with Gasteiger partial charge < -0.3 is 10.7 Å². The van der Waals surface area contributed by atoms with Gasteiger partial charge in [0.1, 0.15) is 0 Å². The summed E-state index contributed by atoms with van der Waals surface area (Å²) >= 11 is 1.45. The van der Waals surface area contributed by atoms with Crippen LogP contribution in [0, 0.1) is 0 Å². The van der Waals surface area contributed by atoms with Crippen molar-refractivity contribution >= 4 is 22.4 Å². The van der Waals surface area contributed by atoms with Crippen molar-refractivity contribution in [2.45, 2.75) is 12.5 Å². The van der Waals surface area contributed by atoms with Gasteiger partial charge in [-0.25, -0.2) is 4.37 Å². The number of hydrogen-bond acceptors (Lipinski definition) is 3. The second kappa shape index (κ2) is 4.31. The molecule has 4 heteroatoms. The number of benzene rings is 1. The summed E-state index contributed by atoms with van der Waals surface area (Å²) in [5.41, 5.74) is 9.71. The molecule has 0 bridgehead atoms. The predicted molar refractivity (Wildman–Crippen MR) is 71.0 cm³/mol. The number of aromatic nitrogens is 2. The van der Waals surface area contributed by atoms with Crippen molar-refractivity contribution in [2.75, 3.05) is 0 Å². The fourth-order valence-electron chi connectivity index (χ4n) is 2.05. The summed E-state index contributed by atoms with van der Waals surface area (Å²) in [5, 5.41) is 3.27. The highest BCUT2D eigenvalue weighted by atomic mass is 32.1. The molecule has 3 N–H and O–H groups in total. The summed E-state index contributed by atoms with van der Waals surface area (Å²) in [6.07, 6.45) is 4.73. The Balaban J connectivity index is 1.90. The van der Waals surface area contributed by atoms with Gasteiger partial charge >= 0.3 is 0 Å². The van der Waals surface area contributed by atoms with Crippen LogP contribution in [0.3, 0.4) is 0 Å². The van der Waals surface area contributed by atoms with Crippen molar-refractivity contribution in [3.8, 4) is 0 Å². The maximum Gasteiger partial charge on any atom is 0.0456 e. The predicted octanol–water partition coefficient (Wildman–Crippen LogP) is 2.87. The lowest BCUT2D eigenvalue weighted by atomic mass is 10.0. The van der Waals surface area contributed by atoms with Crippen LogP contribution >= 0.6 is 11.5 Å². The molecule has 1 aromatic carbocycles. The van der Waals surface area contributed by atoms with E-state index >= 15 is 0 Å². The standard InChI is InChI=1S/C13H13N3S/c14-12(10-7-16-17-8-10)5-9-6-15-13-4-2-1-3-11(9)13/h1-4,6-8,12,15H,5,14H2. The van der Waals surface area contributed by atoms with E-state index in [-0.39, 0.29) is 6.04 Å². The molecule has 0 radical (unpaired) electrons. The Labute approximate surface area is 103 Å². The second-order valence-electron chi connectivity index (χ2n) is 4.13. The number of H-pyrrole nitrogens is 1. The number of aromatic amines is 1. The van der Waals surface area contributed by atoms with Gasteiger partial charge in [0.2, 0.25) is 0 Å². The Morgan fingerprint density at radius 2 is 2.24 bits per heavy atom. The molecule has 1 unspecified atom stereocenters. The average molecular weight is 243 g/mol. The molecule has 3 nitrogen and oxygen atoms in total. The summed E-state index contributed by atoms with van der Waals surface area (Å²) in [6.45, 7) is 0. The van der Waals surface area contributed by atoms with E-state index in [4.69, 9.17) is 5.73 Å². The Morgan fingerprint density at radius 3 is 3.06 bits per heavy atom. The van der Waals surface area contributed by atoms with E-state index in [0.29, 0.717) is 0 Å². The van der Waals surface area contributed by atoms with E-state index in [1.54, 1.807) is 0 Å². The molecule has 0 fully saturated rings. The van der Waals surface area contributed by atoms with Crippen LogP contribution in [0.25, 0.3) is 10.9 Å². The number of para-hydroxylation sites is 1. The molecule has 2 aromatic heterocycles. The molecule has 2 heterocycles. The molecule has 1 atom stereocenters. The van der Waals surface area contributed by atoms with Crippen LogP contribution in [0.1, 0.15) is 17.2 Å². The summed E-state index contributed by atoms with van der Waals surface area (Å²) in [5.74, 6) is 0. The van der Waals surface area contributed by atoms with Crippen molar-refractivity contribution in [3.63, 3.8) is 0 Å². The smallest absolute Gasteiger partial charge is 0.0456 e. The van der Waals surface area contributed by atoms with Gasteiger partial charge in [0.15, 0.2) is 0 Å². The van der Waals surface area contributed by atoms with Crippen LogP contribution in [-0.2, 0) is 6.42 Å². The zero-order valence-electron chi connectivity index (χ0n) is 9.26. The normalized spacial score (nSPS) is 13.0. The Kier molecular flexibility index (Phi) is 2.66. The molecule has 0 saturated heterocycles. The van der Waals surface area contributed by atoms with Crippen molar-refractivity contribution in [1.29, 1.82) is 0 Å². The first-order valence-electron chi connectivity index (χ1n) is 5.54. The highest BCUT2D eigenvalue weighted by Crippen LogP contribution is 2.23. The molecule has 3 aromatic rings. The summed E-state index contributed by atoms with van der Waals surface area (Å²) in [4.78, 5) is 3.27. The van der Waals surface area contributed by atoms with Crippen LogP contribution in [0.15, 0.2) is 42.0 Å². The summed E-state index contributed by atoms with van der Waals surface area (Å²) in [7, 11) is 0. The number of rotatable bonds is 3. The molecule has 0 aliphatic heterocycles. The first-order chi connectivity index (χ1) is 8.34. The van der Waals surface area contributed by atoms with Gasteiger partial charge in [-0.05, 0) is 35.1 Å².